The Labute approximate surface area is 157 Å². The van der Waals surface area contributed by atoms with E-state index in [9.17, 15) is 4.79 Å². The summed E-state index contributed by atoms with van der Waals surface area (Å²) in [5, 5.41) is 6.79. The Bertz CT molecular complexity index is 880. The summed E-state index contributed by atoms with van der Waals surface area (Å²) in [5.41, 5.74) is 1.21. The van der Waals surface area contributed by atoms with Gasteiger partial charge in [-0.1, -0.05) is 18.1 Å². The first-order valence-corrected chi connectivity index (χ1v) is 8.62. The highest BCUT2D eigenvalue weighted by Crippen LogP contribution is 2.20. The van der Waals surface area contributed by atoms with Crippen molar-refractivity contribution in [3.63, 3.8) is 0 Å². The minimum Gasteiger partial charge on any atom is -0.497 e. The van der Waals surface area contributed by atoms with E-state index in [-0.39, 0.29) is 24.2 Å². The van der Waals surface area contributed by atoms with Crippen LogP contribution < -0.4 is 14.8 Å². The normalized spacial score (nSPS) is 11.6. The van der Waals surface area contributed by atoms with Crippen molar-refractivity contribution in [2.75, 3.05) is 7.11 Å². The summed E-state index contributed by atoms with van der Waals surface area (Å²) in [6.45, 7) is 2.16. The molecule has 0 aliphatic heterocycles. The zero-order chi connectivity index (χ0) is 19.1. The lowest BCUT2D eigenvalue weighted by Crippen LogP contribution is -2.28. The summed E-state index contributed by atoms with van der Waals surface area (Å²) in [5.74, 6) is 1.50. The lowest BCUT2D eigenvalue weighted by Gasteiger charge is -2.16. The van der Waals surface area contributed by atoms with Crippen LogP contribution in [-0.4, -0.2) is 23.2 Å². The summed E-state index contributed by atoms with van der Waals surface area (Å²) in [6, 6.07) is 12.5. The highest BCUT2D eigenvalue weighted by Gasteiger charge is 2.17. The SMILES string of the molecule is CCC(NC(=O)c1cc(COc2cccc(OC)c2)on1)c1ccncc1. The van der Waals surface area contributed by atoms with Crippen molar-refractivity contribution in [1.82, 2.24) is 15.5 Å². The molecule has 0 radical (unpaired) electrons. The van der Waals surface area contributed by atoms with Gasteiger partial charge >= 0.3 is 0 Å². The van der Waals surface area contributed by atoms with E-state index in [0.717, 1.165) is 12.0 Å². The van der Waals surface area contributed by atoms with Gasteiger partial charge in [0.1, 0.15) is 18.1 Å². The zero-order valence-electron chi connectivity index (χ0n) is 15.2. The van der Waals surface area contributed by atoms with Gasteiger partial charge in [-0.3, -0.25) is 9.78 Å². The van der Waals surface area contributed by atoms with Crippen LogP contribution in [0.25, 0.3) is 0 Å². The Morgan fingerprint density at radius 3 is 2.70 bits per heavy atom. The fourth-order valence-corrected chi connectivity index (χ4v) is 2.58. The molecule has 1 atom stereocenters. The molecule has 0 saturated carbocycles. The molecular weight excluding hydrogens is 346 g/mol. The second kappa shape index (κ2) is 8.84. The van der Waals surface area contributed by atoms with Crippen molar-refractivity contribution >= 4 is 5.91 Å². The number of hydrogen-bond donors (Lipinski definition) is 1. The Balaban J connectivity index is 1.60. The van der Waals surface area contributed by atoms with Crippen molar-refractivity contribution in [1.29, 1.82) is 0 Å². The number of nitrogens with zero attached hydrogens (tertiary/aromatic N) is 2. The molecule has 7 nitrogen and oxygen atoms in total. The van der Waals surface area contributed by atoms with Crippen molar-refractivity contribution in [2.24, 2.45) is 0 Å². The monoisotopic (exact) mass is 367 g/mol. The van der Waals surface area contributed by atoms with E-state index in [1.807, 2.05) is 37.3 Å². The molecule has 1 aromatic carbocycles. The van der Waals surface area contributed by atoms with Gasteiger partial charge in [0.2, 0.25) is 0 Å². The summed E-state index contributed by atoms with van der Waals surface area (Å²) in [6.07, 6.45) is 4.15. The molecule has 140 valence electrons. The molecule has 2 aromatic heterocycles. The molecule has 7 heteroatoms. The van der Waals surface area contributed by atoms with E-state index in [2.05, 4.69) is 15.5 Å². The Kier molecular flexibility index (Phi) is 6.04. The first kappa shape index (κ1) is 18.4. The number of aromatic nitrogens is 2. The molecule has 1 amide bonds. The largest absolute Gasteiger partial charge is 0.497 e. The minimum atomic E-state index is -0.296. The number of benzene rings is 1. The van der Waals surface area contributed by atoms with Crippen LogP contribution in [0.5, 0.6) is 11.5 Å². The van der Waals surface area contributed by atoms with Gasteiger partial charge in [0.05, 0.1) is 13.2 Å². The van der Waals surface area contributed by atoms with E-state index in [4.69, 9.17) is 14.0 Å². The van der Waals surface area contributed by atoms with Crippen LogP contribution in [0, 0.1) is 0 Å². The average molecular weight is 367 g/mol. The van der Waals surface area contributed by atoms with Gasteiger partial charge in [-0.25, -0.2) is 0 Å². The van der Waals surface area contributed by atoms with Crippen LogP contribution in [0.15, 0.2) is 59.4 Å². The Morgan fingerprint density at radius 2 is 1.96 bits per heavy atom. The van der Waals surface area contributed by atoms with E-state index >= 15 is 0 Å². The standard InChI is InChI=1S/C20H21N3O4/c1-3-18(14-7-9-21-10-8-14)22-20(24)19-12-17(27-23-19)13-26-16-6-4-5-15(11-16)25-2/h4-12,18H,3,13H2,1-2H3,(H,22,24). The molecular formula is C20H21N3O4. The molecule has 27 heavy (non-hydrogen) atoms. The van der Waals surface area contributed by atoms with Crippen molar-refractivity contribution in [2.45, 2.75) is 26.0 Å². The van der Waals surface area contributed by atoms with Gasteiger partial charge in [0.15, 0.2) is 11.5 Å². The number of pyridine rings is 1. The lowest BCUT2D eigenvalue weighted by molar-refractivity contribution is 0.0926. The van der Waals surface area contributed by atoms with Crippen LogP contribution in [0.4, 0.5) is 0 Å². The second-order valence-corrected chi connectivity index (χ2v) is 5.86. The molecule has 3 aromatic rings. The molecule has 2 heterocycles. The summed E-state index contributed by atoms with van der Waals surface area (Å²) < 4.78 is 16.0. The Morgan fingerprint density at radius 1 is 1.19 bits per heavy atom. The van der Waals surface area contributed by atoms with E-state index in [1.54, 1.807) is 31.6 Å². The maximum absolute atomic E-state index is 12.5. The number of amides is 1. The number of ether oxygens (including phenoxy) is 2. The molecule has 0 fully saturated rings. The summed E-state index contributed by atoms with van der Waals surface area (Å²) in [7, 11) is 1.59. The van der Waals surface area contributed by atoms with E-state index in [1.165, 1.54) is 0 Å². The van der Waals surface area contributed by atoms with Gasteiger partial charge < -0.3 is 19.3 Å². The second-order valence-electron chi connectivity index (χ2n) is 5.86. The minimum absolute atomic E-state index is 0.117. The van der Waals surface area contributed by atoms with Crippen molar-refractivity contribution < 1.29 is 18.8 Å². The van der Waals surface area contributed by atoms with Crippen LogP contribution in [0.3, 0.4) is 0 Å². The first-order valence-electron chi connectivity index (χ1n) is 8.62. The number of hydrogen-bond acceptors (Lipinski definition) is 6. The van der Waals surface area contributed by atoms with Crippen LogP contribution in [0.1, 0.15) is 41.2 Å². The van der Waals surface area contributed by atoms with Gasteiger partial charge in [-0.05, 0) is 36.2 Å². The third kappa shape index (κ3) is 4.84. The third-order valence-corrected chi connectivity index (χ3v) is 4.04. The molecule has 0 aliphatic carbocycles. The number of carbonyl (C=O) groups is 1. The van der Waals surface area contributed by atoms with Gasteiger partial charge in [0, 0.05) is 24.5 Å². The highest BCUT2D eigenvalue weighted by molar-refractivity contribution is 5.92. The maximum atomic E-state index is 12.5. The topological polar surface area (TPSA) is 86.5 Å². The smallest absolute Gasteiger partial charge is 0.273 e. The van der Waals surface area contributed by atoms with Gasteiger partial charge in [-0.2, -0.15) is 0 Å². The fraction of sp³-hybridized carbons (Fsp3) is 0.250. The summed E-state index contributed by atoms with van der Waals surface area (Å²) >= 11 is 0. The molecule has 1 unspecified atom stereocenters. The van der Waals surface area contributed by atoms with Crippen molar-refractivity contribution in [3.05, 3.63) is 71.9 Å². The first-order chi connectivity index (χ1) is 13.2. The maximum Gasteiger partial charge on any atom is 0.273 e. The number of methoxy groups -OCH3 is 1. The lowest BCUT2D eigenvalue weighted by atomic mass is 10.1. The molecule has 0 spiro atoms. The Hall–Kier alpha value is -3.35. The van der Waals surface area contributed by atoms with Crippen LogP contribution >= 0.6 is 0 Å². The van der Waals surface area contributed by atoms with E-state index in [0.29, 0.717) is 17.3 Å². The number of carbonyl (C=O) groups excluding carboxylic acids is 1. The zero-order valence-corrected chi connectivity index (χ0v) is 15.2. The third-order valence-electron chi connectivity index (χ3n) is 4.04. The van der Waals surface area contributed by atoms with Crippen LogP contribution in [0.2, 0.25) is 0 Å². The van der Waals surface area contributed by atoms with Gasteiger partial charge in [0.25, 0.3) is 5.91 Å². The highest BCUT2D eigenvalue weighted by atomic mass is 16.5. The van der Waals surface area contributed by atoms with Crippen molar-refractivity contribution in [3.8, 4) is 11.5 Å². The molecule has 0 saturated heterocycles. The molecule has 0 bridgehead atoms. The number of rotatable bonds is 8. The molecule has 0 aliphatic rings. The fourth-order valence-electron chi connectivity index (χ4n) is 2.58. The predicted molar refractivity (Wildman–Crippen MR) is 98.6 cm³/mol. The van der Waals surface area contributed by atoms with Crippen LogP contribution in [-0.2, 0) is 6.61 Å². The molecule has 3 rings (SSSR count). The predicted octanol–water partition coefficient (Wildman–Crippen LogP) is 3.54. The summed E-state index contributed by atoms with van der Waals surface area (Å²) in [4.78, 5) is 16.4. The quantitative estimate of drug-likeness (QED) is 0.655. The van der Waals surface area contributed by atoms with Gasteiger partial charge in [-0.15, -0.1) is 0 Å². The molecule has 1 N–H and O–H groups in total. The average Bonchev–Trinajstić information content (AvgIpc) is 3.20. The van der Waals surface area contributed by atoms with E-state index < -0.39 is 0 Å². The number of nitrogens with one attached hydrogen (secondary N) is 1.